The van der Waals surface area contributed by atoms with Gasteiger partial charge in [0, 0.05) is 16.7 Å². The summed E-state index contributed by atoms with van der Waals surface area (Å²) in [5, 5.41) is 3.37. The molecule has 3 nitrogen and oxygen atoms in total. The normalized spacial score (nSPS) is 13.7. The Bertz CT molecular complexity index is 456. The molecule has 0 amide bonds. The first kappa shape index (κ1) is 16.0. The first-order chi connectivity index (χ1) is 8.48. The Kier molecular flexibility index (Phi) is 6.63. The quantitative estimate of drug-likeness (QED) is 0.801. The zero-order valence-electron chi connectivity index (χ0n) is 10.8. The van der Waals surface area contributed by atoms with E-state index in [9.17, 15) is 8.42 Å². The highest BCUT2D eigenvalue weighted by molar-refractivity contribution is 7.91. The molecule has 1 aromatic heterocycles. The SMILES string of the molecule is CCNC(CCCS(=O)(=O)CC)c1ccc(Cl)s1. The van der Waals surface area contributed by atoms with E-state index in [-0.39, 0.29) is 17.5 Å². The van der Waals surface area contributed by atoms with Gasteiger partial charge in [-0.05, 0) is 31.5 Å². The van der Waals surface area contributed by atoms with Crippen LogP contribution >= 0.6 is 22.9 Å². The van der Waals surface area contributed by atoms with E-state index in [1.807, 2.05) is 19.1 Å². The number of rotatable bonds is 8. The summed E-state index contributed by atoms with van der Waals surface area (Å²) in [6.07, 6.45) is 1.51. The number of thiophene rings is 1. The lowest BCUT2D eigenvalue weighted by molar-refractivity contribution is 0.513. The smallest absolute Gasteiger partial charge is 0.150 e. The van der Waals surface area contributed by atoms with Crippen LogP contribution in [0.15, 0.2) is 12.1 Å². The molecule has 1 N–H and O–H groups in total. The van der Waals surface area contributed by atoms with Crippen molar-refractivity contribution in [1.82, 2.24) is 5.32 Å². The molecular formula is C12H20ClNO2S2. The topological polar surface area (TPSA) is 46.2 Å². The summed E-state index contributed by atoms with van der Waals surface area (Å²) < 4.78 is 23.7. The van der Waals surface area contributed by atoms with Crippen LogP contribution in [0.5, 0.6) is 0 Å². The van der Waals surface area contributed by atoms with E-state index in [0.29, 0.717) is 6.42 Å². The number of sulfone groups is 1. The van der Waals surface area contributed by atoms with Crippen LogP contribution < -0.4 is 5.32 Å². The van der Waals surface area contributed by atoms with E-state index < -0.39 is 9.84 Å². The van der Waals surface area contributed by atoms with Crippen LogP contribution in [0.2, 0.25) is 4.34 Å². The highest BCUT2D eigenvalue weighted by Crippen LogP contribution is 2.29. The summed E-state index contributed by atoms with van der Waals surface area (Å²) in [6, 6.07) is 4.10. The second-order valence-electron chi connectivity index (χ2n) is 4.13. The van der Waals surface area contributed by atoms with Crippen LogP contribution in [-0.4, -0.2) is 26.5 Å². The minimum atomic E-state index is -2.86. The molecule has 0 aliphatic carbocycles. The lowest BCUT2D eigenvalue weighted by Crippen LogP contribution is -2.21. The Balaban J connectivity index is 2.54. The molecule has 1 atom stereocenters. The zero-order valence-corrected chi connectivity index (χ0v) is 13.2. The molecule has 0 spiro atoms. The van der Waals surface area contributed by atoms with Crippen molar-refractivity contribution in [3.05, 3.63) is 21.3 Å². The molecule has 0 bridgehead atoms. The Morgan fingerprint density at radius 3 is 2.61 bits per heavy atom. The van der Waals surface area contributed by atoms with Gasteiger partial charge in [0.1, 0.15) is 9.84 Å². The third kappa shape index (κ3) is 5.26. The van der Waals surface area contributed by atoms with Gasteiger partial charge >= 0.3 is 0 Å². The van der Waals surface area contributed by atoms with Gasteiger partial charge < -0.3 is 5.32 Å². The maximum absolute atomic E-state index is 11.4. The van der Waals surface area contributed by atoms with Gasteiger partial charge in [-0.15, -0.1) is 11.3 Å². The van der Waals surface area contributed by atoms with Crippen LogP contribution in [-0.2, 0) is 9.84 Å². The maximum Gasteiger partial charge on any atom is 0.150 e. The predicted octanol–water partition coefficient (Wildman–Crippen LogP) is 3.27. The third-order valence-corrected chi connectivity index (χ3v) is 5.91. The van der Waals surface area contributed by atoms with Crippen LogP contribution in [0.4, 0.5) is 0 Å². The average molecular weight is 310 g/mol. The molecule has 0 saturated carbocycles. The van der Waals surface area contributed by atoms with E-state index in [0.717, 1.165) is 17.3 Å². The summed E-state index contributed by atoms with van der Waals surface area (Å²) in [6.45, 7) is 4.60. The fourth-order valence-electron chi connectivity index (χ4n) is 1.76. The van der Waals surface area contributed by atoms with Gasteiger partial charge in [-0.1, -0.05) is 25.4 Å². The number of nitrogens with one attached hydrogen (secondary N) is 1. The van der Waals surface area contributed by atoms with E-state index in [4.69, 9.17) is 11.6 Å². The molecule has 104 valence electrons. The van der Waals surface area contributed by atoms with Gasteiger partial charge in [0.2, 0.25) is 0 Å². The lowest BCUT2D eigenvalue weighted by atomic mass is 10.1. The minimum absolute atomic E-state index is 0.208. The molecule has 0 aliphatic heterocycles. The van der Waals surface area contributed by atoms with Crippen molar-refractivity contribution in [2.24, 2.45) is 0 Å². The van der Waals surface area contributed by atoms with Crippen LogP contribution in [0.25, 0.3) is 0 Å². The Labute approximate surface area is 118 Å². The van der Waals surface area contributed by atoms with E-state index in [2.05, 4.69) is 5.32 Å². The molecule has 0 saturated heterocycles. The van der Waals surface area contributed by atoms with E-state index in [1.165, 1.54) is 4.88 Å². The minimum Gasteiger partial charge on any atom is -0.310 e. The van der Waals surface area contributed by atoms with Crippen LogP contribution in [0.1, 0.15) is 37.6 Å². The Morgan fingerprint density at radius 1 is 1.39 bits per heavy atom. The third-order valence-electron chi connectivity index (χ3n) is 2.78. The molecule has 1 rings (SSSR count). The molecule has 0 aromatic carbocycles. The van der Waals surface area contributed by atoms with Crippen LogP contribution in [0, 0.1) is 0 Å². The summed E-state index contributed by atoms with van der Waals surface area (Å²) in [4.78, 5) is 1.18. The fourth-order valence-corrected chi connectivity index (χ4v) is 3.82. The van der Waals surface area contributed by atoms with Gasteiger partial charge in [0.15, 0.2) is 0 Å². The van der Waals surface area contributed by atoms with Gasteiger partial charge in [-0.25, -0.2) is 8.42 Å². The fraction of sp³-hybridized carbons (Fsp3) is 0.667. The first-order valence-electron chi connectivity index (χ1n) is 6.17. The zero-order chi connectivity index (χ0) is 13.6. The maximum atomic E-state index is 11.4. The lowest BCUT2D eigenvalue weighted by Gasteiger charge is -2.16. The van der Waals surface area contributed by atoms with Gasteiger partial charge in [0.05, 0.1) is 10.1 Å². The number of hydrogen-bond donors (Lipinski definition) is 1. The number of halogens is 1. The molecule has 18 heavy (non-hydrogen) atoms. The Hall–Kier alpha value is -0.100. The van der Waals surface area contributed by atoms with E-state index >= 15 is 0 Å². The molecule has 0 fully saturated rings. The largest absolute Gasteiger partial charge is 0.310 e. The molecule has 1 heterocycles. The van der Waals surface area contributed by atoms with Crippen molar-refractivity contribution in [2.75, 3.05) is 18.1 Å². The molecule has 1 unspecified atom stereocenters. The van der Waals surface area contributed by atoms with Gasteiger partial charge in [-0.2, -0.15) is 0 Å². The summed E-state index contributed by atoms with van der Waals surface area (Å²) >= 11 is 7.48. The summed E-state index contributed by atoms with van der Waals surface area (Å²) in [7, 11) is -2.86. The second kappa shape index (κ2) is 7.48. The number of hydrogen-bond acceptors (Lipinski definition) is 4. The molecule has 1 aromatic rings. The molecule has 0 aliphatic rings. The van der Waals surface area contributed by atoms with Crippen molar-refractivity contribution >= 4 is 32.8 Å². The average Bonchev–Trinajstić information content (AvgIpc) is 2.74. The van der Waals surface area contributed by atoms with Crippen molar-refractivity contribution in [3.63, 3.8) is 0 Å². The molecule has 0 radical (unpaired) electrons. The molecule has 6 heteroatoms. The summed E-state index contributed by atoms with van der Waals surface area (Å²) in [5.41, 5.74) is 0. The second-order valence-corrected chi connectivity index (χ2v) is 8.35. The highest BCUT2D eigenvalue weighted by atomic mass is 35.5. The van der Waals surface area contributed by atoms with Crippen molar-refractivity contribution in [1.29, 1.82) is 0 Å². The standard InChI is InChI=1S/C12H20ClNO2S2/c1-3-14-10(11-7-8-12(13)17-11)6-5-9-18(15,16)4-2/h7-8,10,14H,3-6,9H2,1-2H3. The highest BCUT2D eigenvalue weighted by Gasteiger charge is 2.14. The van der Waals surface area contributed by atoms with Crippen molar-refractivity contribution in [3.8, 4) is 0 Å². The van der Waals surface area contributed by atoms with Crippen molar-refractivity contribution in [2.45, 2.75) is 32.7 Å². The van der Waals surface area contributed by atoms with E-state index in [1.54, 1.807) is 18.3 Å². The molecular weight excluding hydrogens is 290 g/mol. The Morgan fingerprint density at radius 2 is 2.11 bits per heavy atom. The monoisotopic (exact) mass is 309 g/mol. The predicted molar refractivity (Wildman–Crippen MR) is 79.3 cm³/mol. The summed E-state index contributed by atoms with van der Waals surface area (Å²) in [5.74, 6) is 0.494. The first-order valence-corrected chi connectivity index (χ1v) is 9.19. The van der Waals surface area contributed by atoms with Gasteiger partial charge in [-0.3, -0.25) is 0 Å². The van der Waals surface area contributed by atoms with Crippen LogP contribution in [0.3, 0.4) is 0 Å². The van der Waals surface area contributed by atoms with Crippen molar-refractivity contribution < 1.29 is 8.42 Å². The van der Waals surface area contributed by atoms with Gasteiger partial charge in [0.25, 0.3) is 0 Å².